The maximum atomic E-state index is 11.8. The van der Waals surface area contributed by atoms with E-state index in [4.69, 9.17) is 2.64 Å². The second-order valence-electron chi connectivity index (χ2n) is 3.89. The van der Waals surface area contributed by atoms with E-state index in [-0.39, 0.29) is 5.97 Å². The number of carbonyl (C=O) groups excluding carboxylic acids is 1. The Balaban J connectivity index is 1.97. The fourth-order valence-electron chi connectivity index (χ4n) is 1.56. The van der Waals surface area contributed by atoms with Gasteiger partial charge in [-0.15, -0.1) is 0 Å². The van der Waals surface area contributed by atoms with E-state index >= 15 is 0 Å². The summed E-state index contributed by atoms with van der Waals surface area (Å²) in [5.74, 6) is -0.212. The molecule has 0 radical (unpaired) electrons. The Bertz CT molecular complexity index is 532. The van der Waals surface area contributed by atoms with Gasteiger partial charge in [-0.2, -0.15) is 0 Å². The van der Waals surface area contributed by atoms with Crippen LogP contribution in [-0.4, -0.2) is 5.97 Å². The van der Waals surface area contributed by atoms with Gasteiger partial charge in [0.2, 0.25) is 0 Å². The average molecular weight is 425 g/mol. The number of hydrogen-bond acceptors (Lipinski definition) is 2. The zero-order valence-corrected chi connectivity index (χ0v) is 15.5. The van der Waals surface area contributed by atoms with Crippen molar-refractivity contribution in [1.82, 2.24) is 0 Å². The van der Waals surface area contributed by atoms with Crippen LogP contribution in [0.15, 0.2) is 61.2 Å². The summed E-state index contributed by atoms with van der Waals surface area (Å²) in [6, 6.07) is 17.2. The molecular formula is C15H12HgO2. The molecule has 0 aromatic heterocycles. The van der Waals surface area contributed by atoms with Crippen LogP contribution in [0.1, 0.15) is 15.9 Å². The Hall–Kier alpha value is -1.41. The molecule has 0 bridgehead atoms. The first kappa shape index (κ1) is 13.0. The van der Waals surface area contributed by atoms with Crippen molar-refractivity contribution in [2.45, 2.75) is 0 Å². The van der Waals surface area contributed by atoms with Crippen molar-refractivity contribution in [3.63, 3.8) is 0 Å². The molecule has 0 saturated heterocycles. The second kappa shape index (κ2) is 6.50. The molecule has 0 amide bonds. The van der Waals surface area contributed by atoms with Crippen LogP contribution < -0.4 is 3.07 Å². The van der Waals surface area contributed by atoms with Crippen molar-refractivity contribution in [3.05, 3.63) is 72.3 Å². The first-order chi connectivity index (χ1) is 8.79. The SMILES string of the molecule is C=Cc1ccc(C(=O)[O][Hg][c]2ccccc2)cc1. The number of benzene rings is 2. The molecule has 0 atom stereocenters. The van der Waals surface area contributed by atoms with Crippen molar-refractivity contribution >= 4 is 15.1 Å². The molecule has 18 heavy (non-hydrogen) atoms. The van der Waals surface area contributed by atoms with Gasteiger partial charge >= 0.3 is 120 Å². The predicted molar refractivity (Wildman–Crippen MR) is 68.0 cm³/mol. The third kappa shape index (κ3) is 3.54. The van der Waals surface area contributed by atoms with Crippen molar-refractivity contribution in [1.29, 1.82) is 0 Å². The minimum absolute atomic E-state index is 0.212. The topological polar surface area (TPSA) is 26.3 Å². The molecule has 2 rings (SSSR count). The summed E-state index contributed by atoms with van der Waals surface area (Å²) in [5.41, 5.74) is 1.61. The van der Waals surface area contributed by atoms with Gasteiger partial charge in [-0.05, 0) is 0 Å². The van der Waals surface area contributed by atoms with Crippen molar-refractivity contribution in [2.24, 2.45) is 0 Å². The van der Waals surface area contributed by atoms with Gasteiger partial charge in [0.15, 0.2) is 0 Å². The van der Waals surface area contributed by atoms with E-state index in [0.29, 0.717) is 5.56 Å². The van der Waals surface area contributed by atoms with E-state index in [1.807, 2.05) is 42.5 Å². The van der Waals surface area contributed by atoms with Crippen LogP contribution in [0.5, 0.6) is 0 Å². The predicted octanol–water partition coefficient (Wildman–Crippen LogP) is 2.81. The summed E-state index contributed by atoms with van der Waals surface area (Å²) in [6.07, 6.45) is 1.75. The average Bonchev–Trinajstić information content (AvgIpc) is 2.46. The zero-order chi connectivity index (χ0) is 12.8. The molecule has 0 aliphatic heterocycles. The van der Waals surface area contributed by atoms with Crippen molar-refractivity contribution in [2.75, 3.05) is 0 Å². The van der Waals surface area contributed by atoms with Gasteiger partial charge in [0.25, 0.3) is 0 Å². The van der Waals surface area contributed by atoms with Crippen LogP contribution >= 0.6 is 0 Å². The van der Waals surface area contributed by atoms with Crippen molar-refractivity contribution in [3.8, 4) is 0 Å². The first-order valence-electron chi connectivity index (χ1n) is 5.73. The Morgan fingerprint density at radius 3 is 2.33 bits per heavy atom. The fourth-order valence-corrected chi connectivity index (χ4v) is 5.17. The number of hydrogen-bond donors (Lipinski definition) is 0. The second-order valence-corrected chi connectivity index (χ2v) is 9.31. The normalized spacial score (nSPS) is 9.33. The van der Waals surface area contributed by atoms with Gasteiger partial charge in [0, 0.05) is 0 Å². The Kier molecular flexibility index (Phi) is 4.70. The zero-order valence-electron chi connectivity index (χ0n) is 10.0. The Morgan fingerprint density at radius 1 is 1.06 bits per heavy atom. The van der Waals surface area contributed by atoms with E-state index < -0.39 is 25.0 Å². The maximum absolute atomic E-state index is 11.8. The summed E-state index contributed by atoms with van der Waals surface area (Å²) >= 11 is -1.76. The van der Waals surface area contributed by atoms with Crippen LogP contribution in [0.2, 0.25) is 0 Å². The molecule has 2 aromatic rings. The fraction of sp³-hybridized carbons (Fsp3) is 0. The van der Waals surface area contributed by atoms with Crippen LogP contribution in [0.3, 0.4) is 0 Å². The summed E-state index contributed by atoms with van der Waals surface area (Å²) in [6.45, 7) is 3.68. The van der Waals surface area contributed by atoms with Gasteiger partial charge in [-0.1, -0.05) is 0 Å². The molecule has 0 saturated carbocycles. The molecule has 0 aliphatic carbocycles. The Morgan fingerprint density at radius 2 is 1.72 bits per heavy atom. The molecule has 0 spiro atoms. The quantitative estimate of drug-likeness (QED) is 0.706. The molecule has 86 valence electrons. The van der Waals surface area contributed by atoms with Crippen molar-refractivity contribution < 1.29 is 32.5 Å². The van der Waals surface area contributed by atoms with Crippen LogP contribution in [0.25, 0.3) is 6.08 Å². The first-order valence-corrected chi connectivity index (χ1v) is 10.7. The molecule has 0 aliphatic rings. The van der Waals surface area contributed by atoms with Crippen LogP contribution in [-0.2, 0) is 27.7 Å². The summed E-state index contributed by atoms with van der Waals surface area (Å²) in [5, 5.41) is 0. The third-order valence-corrected chi connectivity index (χ3v) is 7.30. The molecule has 2 aromatic carbocycles. The van der Waals surface area contributed by atoms with Gasteiger partial charge in [-0.25, -0.2) is 0 Å². The molecule has 0 heterocycles. The minimum atomic E-state index is -1.76. The molecular weight excluding hydrogens is 413 g/mol. The van der Waals surface area contributed by atoms with E-state index in [2.05, 4.69) is 6.58 Å². The monoisotopic (exact) mass is 426 g/mol. The third-order valence-electron chi connectivity index (χ3n) is 2.59. The van der Waals surface area contributed by atoms with Gasteiger partial charge in [0.1, 0.15) is 0 Å². The molecule has 0 unspecified atom stereocenters. The Labute approximate surface area is 119 Å². The van der Waals surface area contributed by atoms with Gasteiger partial charge in [-0.3, -0.25) is 0 Å². The van der Waals surface area contributed by atoms with E-state index in [1.54, 1.807) is 18.2 Å². The summed E-state index contributed by atoms with van der Waals surface area (Å²) in [4.78, 5) is 11.8. The number of rotatable bonds is 4. The van der Waals surface area contributed by atoms with E-state index in [1.165, 1.54) is 3.07 Å². The van der Waals surface area contributed by atoms with E-state index in [0.717, 1.165) is 5.56 Å². The summed E-state index contributed by atoms with van der Waals surface area (Å²) in [7, 11) is 0. The molecule has 2 nitrogen and oxygen atoms in total. The van der Waals surface area contributed by atoms with Crippen LogP contribution in [0.4, 0.5) is 0 Å². The van der Waals surface area contributed by atoms with Crippen LogP contribution in [0, 0.1) is 0 Å². The van der Waals surface area contributed by atoms with Gasteiger partial charge < -0.3 is 0 Å². The number of carbonyl (C=O) groups is 1. The molecule has 0 N–H and O–H groups in total. The van der Waals surface area contributed by atoms with E-state index in [9.17, 15) is 4.79 Å². The van der Waals surface area contributed by atoms with Gasteiger partial charge in [0.05, 0.1) is 0 Å². The molecule has 0 fully saturated rings. The molecule has 3 heteroatoms. The standard InChI is InChI=1S/C9H8O2.C6H5.Hg/c1-2-7-3-5-8(6-4-7)9(10)11;1-2-4-6-5-3-1;/h2-6H,1H2,(H,10,11);1-5H;/q;;+1/p-1. The summed E-state index contributed by atoms with van der Waals surface area (Å²) < 4.78 is 6.65.